The minimum Gasteiger partial charge on any atom is -0.455 e. The van der Waals surface area contributed by atoms with Crippen molar-refractivity contribution in [3.8, 4) is 11.5 Å². The largest absolute Gasteiger partial charge is 0.455 e. The molecule has 0 aliphatic carbocycles. The average Bonchev–Trinajstić information content (AvgIpc) is 2.32. The fourth-order valence-corrected chi connectivity index (χ4v) is 2.32. The van der Waals surface area contributed by atoms with Crippen LogP contribution in [0.25, 0.3) is 0 Å². The van der Waals surface area contributed by atoms with Crippen molar-refractivity contribution in [1.82, 2.24) is 0 Å². The molecule has 0 spiro atoms. The zero-order valence-corrected chi connectivity index (χ0v) is 12.5. The number of hydrogen-bond donors (Lipinski definition) is 2. The van der Waals surface area contributed by atoms with Crippen molar-refractivity contribution in [2.24, 2.45) is 5.73 Å². The molecule has 0 aliphatic rings. The number of halogens is 2. The molecule has 0 aromatic heterocycles. The molecule has 2 aromatic rings. The average molecular weight is 340 g/mol. The van der Waals surface area contributed by atoms with E-state index in [0.29, 0.717) is 22.1 Å². The second-order valence-corrected chi connectivity index (χ2v) is 5.41. The highest BCUT2D eigenvalue weighted by Gasteiger charge is 2.10. The van der Waals surface area contributed by atoms with Crippen LogP contribution in [0.4, 0.5) is 0 Å². The normalized spacial score (nSPS) is 10.3. The van der Waals surface area contributed by atoms with Gasteiger partial charge >= 0.3 is 0 Å². The lowest BCUT2D eigenvalue weighted by Gasteiger charge is -2.12. The van der Waals surface area contributed by atoms with Crippen LogP contribution in [-0.4, -0.2) is 5.84 Å². The first-order valence-corrected chi connectivity index (χ1v) is 6.72. The van der Waals surface area contributed by atoms with Gasteiger partial charge in [-0.05, 0) is 42.8 Å². The lowest BCUT2D eigenvalue weighted by Crippen LogP contribution is -2.12. The van der Waals surface area contributed by atoms with Crippen molar-refractivity contribution < 1.29 is 4.74 Å². The van der Waals surface area contributed by atoms with Crippen molar-refractivity contribution in [3.63, 3.8) is 0 Å². The summed E-state index contributed by atoms with van der Waals surface area (Å²) in [5.74, 6) is 1.01. The third-order valence-corrected chi connectivity index (χ3v) is 3.33. The predicted octanol–water partition coefficient (Wildman–Crippen LogP) is 4.49. The van der Waals surface area contributed by atoms with Gasteiger partial charge in [0.05, 0.1) is 10.6 Å². The summed E-state index contributed by atoms with van der Waals surface area (Å²) >= 11 is 9.45. The van der Waals surface area contributed by atoms with E-state index in [4.69, 9.17) is 27.5 Å². The highest BCUT2D eigenvalue weighted by atomic mass is 79.9. The molecule has 0 heterocycles. The maximum atomic E-state index is 7.56. The third-order valence-electron chi connectivity index (χ3n) is 2.54. The first-order valence-electron chi connectivity index (χ1n) is 5.55. The predicted molar refractivity (Wildman–Crippen MR) is 81.4 cm³/mol. The topological polar surface area (TPSA) is 59.1 Å². The molecule has 0 fully saturated rings. The van der Waals surface area contributed by atoms with Crippen LogP contribution in [0.2, 0.25) is 5.02 Å². The van der Waals surface area contributed by atoms with E-state index in [0.717, 1.165) is 10.0 Å². The number of aryl methyl sites for hydroxylation is 1. The Labute approximate surface area is 125 Å². The third kappa shape index (κ3) is 3.28. The van der Waals surface area contributed by atoms with Gasteiger partial charge in [0, 0.05) is 4.47 Å². The van der Waals surface area contributed by atoms with Gasteiger partial charge in [-0.3, -0.25) is 5.41 Å². The summed E-state index contributed by atoms with van der Waals surface area (Å²) in [5.41, 5.74) is 7.11. The van der Waals surface area contributed by atoms with Crippen LogP contribution >= 0.6 is 27.5 Å². The second-order valence-electron chi connectivity index (χ2n) is 4.09. The molecule has 0 aliphatic heterocycles. The Kier molecular flexibility index (Phi) is 4.12. The molecule has 0 saturated heterocycles. The van der Waals surface area contributed by atoms with Crippen LogP contribution in [0.3, 0.4) is 0 Å². The first-order chi connectivity index (χ1) is 8.97. The molecule has 3 nitrogen and oxygen atoms in total. The van der Waals surface area contributed by atoms with E-state index in [2.05, 4.69) is 15.9 Å². The summed E-state index contributed by atoms with van der Waals surface area (Å²) in [7, 11) is 0. The first kappa shape index (κ1) is 13.9. The van der Waals surface area contributed by atoms with Crippen LogP contribution in [0.5, 0.6) is 11.5 Å². The Bertz CT molecular complexity index is 643. The smallest absolute Gasteiger partial charge is 0.146 e. The van der Waals surface area contributed by atoms with Crippen LogP contribution in [0.1, 0.15) is 11.1 Å². The number of amidine groups is 1. The summed E-state index contributed by atoms with van der Waals surface area (Å²) in [5, 5.41) is 8.05. The number of rotatable bonds is 3. The van der Waals surface area contributed by atoms with Gasteiger partial charge in [0.2, 0.25) is 0 Å². The van der Waals surface area contributed by atoms with E-state index in [1.165, 1.54) is 0 Å². The molecule has 19 heavy (non-hydrogen) atoms. The van der Waals surface area contributed by atoms with Crippen molar-refractivity contribution in [2.45, 2.75) is 6.92 Å². The molecular weight excluding hydrogens is 328 g/mol. The Morgan fingerprint density at radius 3 is 2.58 bits per heavy atom. The fourth-order valence-electron chi connectivity index (χ4n) is 1.61. The molecule has 0 bridgehead atoms. The van der Waals surface area contributed by atoms with Crippen molar-refractivity contribution >= 4 is 33.4 Å². The number of benzene rings is 2. The van der Waals surface area contributed by atoms with E-state index in [9.17, 15) is 0 Å². The van der Waals surface area contributed by atoms with E-state index in [-0.39, 0.29) is 5.84 Å². The Balaban J connectivity index is 2.42. The number of ether oxygens (including phenoxy) is 1. The molecule has 5 heteroatoms. The zero-order valence-electron chi connectivity index (χ0n) is 10.2. The number of nitrogen functional groups attached to an aromatic ring is 1. The van der Waals surface area contributed by atoms with Gasteiger partial charge in [-0.2, -0.15) is 0 Å². The molecular formula is C14H12BrClN2O. The molecule has 2 rings (SSSR count). The van der Waals surface area contributed by atoms with Gasteiger partial charge in [-0.1, -0.05) is 33.6 Å². The molecule has 0 amide bonds. The monoisotopic (exact) mass is 338 g/mol. The van der Waals surface area contributed by atoms with Crippen molar-refractivity contribution in [3.05, 3.63) is 57.0 Å². The molecule has 0 unspecified atom stereocenters. The van der Waals surface area contributed by atoms with E-state index < -0.39 is 0 Å². The number of nitrogens with two attached hydrogens (primary N) is 1. The van der Waals surface area contributed by atoms with Crippen molar-refractivity contribution in [2.75, 3.05) is 0 Å². The molecule has 0 saturated carbocycles. The van der Waals surface area contributed by atoms with Gasteiger partial charge in [-0.25, -0.2) is 0 Å². The summed E-state index contributed by atoms with van der Waals surface area (Å²) in [6, 6.07) is 10.8. The fraction of sp³-hybridized carbons (Fsp3) is 0.0714. The van der Waals surface area contributed by atoms with Crippen LogP contribution in [0.15, 0.2) is 40.9 Å². The molecule has 2 aromatic carbocycles. The van der Waals surface area contributed by atoms with Crippen LogP contribution in [-0.2, 0) is 0 Å². The summed E-state index contributed by atoms with van der Waals surface area (Å²) < 4.78 is 6.64. The van der Waals surface area contributed by atoms with Crippen LogP contribution < -0.4 is 10.5 Å². The number of hydrogen-bond acceptors (Lipinski definition) is 2. The Morgan fingerprint density at radius 2 is 1.95 bits per heavy atom. The van der Waals surface area contributed by atoms with E-state index in [1.807, 2.05) is 25.1 Å². The van der Waals surface area contributed by atoms with Crippen LogP contribution in [0, 0.1) is 12.3 Å². The Hall–Kier alpha value is -1.52. The van der Waals surface area contributed by atoms with Gasteiger partial charge < -0.3 is 10.5 Å². The van der Waals surface area contributed by atoms with E-state index >= 15 is 0 Å². The second kappa shape index (κ2) is 5.63. The quantitative estimate of drug-likeness (QED) is 0.639. The van der Waals surface area contributed by atoms with E-state index in [1.54, 1.807) is 18.2 Å². The van der Waals surface area contributed by atoms with Gasteiger partial charge in [0.25, 0.3) is 0 Å². The molecule has 0 radical (unpaired) electrons. The summed E-state index contributed by atoms with van der Waals surface area (Å²) in [6.07, 6.45) is 0. The highest BCUT2D eigenvalue weighted by Crippen LogP contribution is 2.33. The summed E-state index contributed by atoms with van der Waals surface area (Å²) in [6.45, 7) is 1.94. The minimum absolute atomic E-state index is 0.0387. The van der Waals surface area contributed by atoms with Gasteiger partial charge in [-0.15, -0.1) is 0 Å². The zero-order chi connectivity index (χ0) is 14.0. The lowest BCUT2D eigenvalue weighted by atomic mass is 10.1. The minimum atomic E-state index is -0.0387. The van der Waals surface area contributed by atoms with Gasteiger partial charge in [0.1, 0.15) is 17.3 Å². The molecule has 3 N–H and O–H groups in total. The van der Waals surface area contributed by atoms with Gasteiger partial charge in [0.15, 0.2) is 0 Å². The number of nitrogens with one attached hydrogen (secondary N) is 1. The van der Waals surface area contributed by atoms with Crippen molar-refractivity contribution in [1.29, 1.82) is 5.41 Å². The maximum Gasteiger partial charge on any atom is 0.146 e. The SMILES string of the molecule is Cc1ccc(C(=N)N)c(Oc2ccc(Br)cc2Cl)c1. The highest BCUT2D eigenvalue weighted by molar-refractivity contribution is 9.10. The molecule has 0 atom stereocenters. The summed E-state index contributed by atoms with van der Waals surface area (Å²) in [4.78, 5) is 0. The lowest BCUT2D eigenvalue weighted by molar-refractivity contribution is 0.481. The standard InChI is InChI=1S/C14H12BrClN2O/c1-8-2-4-10(14(17)18)13(6-8)19-12-5-3-9(15)7-11(12)16/h2-7H,1H3,(H3,17,18). The maximum absolute atomic E-state index is 7.56. The Morgan fingerprint density at radius 1 is 1.21 bits per heavy atom. The molecule has 98 valence electrons.